The number of nitrogens with zero attached hydrogens (tertiary/aromatic N) is 3. The molecule has 0 fully saturated rings. The lowest BCUT2D eigenvalue weighted by atomic mass is 9.96. The molecule has 0 radical (unpaired) electrons. The Morgan fingerprint density at radius 2 is 1.94 bits per heavy atom. The van der Waals surface area contributed by atoms with Gasteiger partial charge in [-0.15, -0.1) is 24.0 Å². The first-order valence-corrected chi connectivity index (χ1v) is 10.5. The van der Waals surface area contributed by atoms with E-state index in [-0.39, 0.29) is 24.0 Å². The van der Waals surface area contributed by atoms with Crippen molar-refractivity contribution in [3.05, 3.63) is 77.7 Å². The molecule has 0 bridgehead atoms. The summed E-state index contributed by atoms with van der Waals surface area (Å²) in [4.78, 5) is 14.7. The molecule has 1 aliphatic rings. The molecule has 164 valence electrons. The Labute approximate surface area is 200 Å². The zero-order valence-corrected chi connectivity index (χ0v) is 20.3. The van der Waals surface area contributed by atoms with Crippen LogP contribution in [0.15, 0.2) is 65.8 Å². The van der Waals surface area contributed by atoms with Crippen LogP contribution in [0.3, 0.4) is 0 Å². The van der Waals surface area contributed by atoms with Gasteiger partial charge in [-0.1, -0.05) is 54.6 Å². The number of aliphatic hydroxyl groups is 1. The van der Waals surface area contributed by atoms with Gasteiger partial charge >= 0.3 is 0 Å². The van der Waals surface area contributed by atoms with Crippen molar-refractivity contribution < 1.29 is 5.11 Å². The molecule has 1 unspecified atom stereocenters. The number of aliphatic imine (C=N–C) groups is 1. The van der Waals surface area contributed by atoms with Gasteiger partial charge in [0.15, 0.2) is 5.96 Å². The molecule has 0 amide bonds. The largest absolute Gasteiger partial charge is 0.383 e. The van der Waals surface area contributed by atoms with Crippen LogP contribution in [0.4, 0.5) is 0 Å². The van der Waals surface area contributed by atoms with E-state index < -0.39 is 5.60 Å². The fourth-order valence-corrected chi connectivity index (χ4v) is 4.01. The van der Waals surface area contributed by atoms with Gasteiger partial charge in [-0.25, -0.2) is 9.98 Å². The van der Waals surface area contributed by atoms with Gasteiger partial charge < -0.3 is 20.3 Å². The van der Waals surface area contributed by atoms with Crippen molar-refractivity contribution in [2.24, 2.45) is 4.99 Å². The van der Waals surface area contributed by atoms with E-state index in [0.717, 1.165) is 41.6 Å². The Morgan fingerprint density at radius 3 is 2.71 bits per heavy atom. The van der Waals surface area contributed by atoms with Gasteiger partial charge in [-0.05, 0) is 36.5 Å². The van der Waals surface area contributed by atoms with Crippen molar-refractivity contribution in [1.82, 2.24) is 20.2 Å². The third-order valence-corrected chi connectivity index (χ3v) is 5.61. The lowest BCUT2D eigenvalue weighted by Gasteiger charge is -2.25. The number of aromatic nitrogens is 2. The normalized spacial score (nSPS) is 17.7. The first kappa shape index (κ1) is 23.3. The van der Waals surface area contributed by atoms with Crippen molar-refractivity contribution in [2.75, 3.05) is 20.1 Å². The highest BCUT2D eigenvalue weighted by atomic mass is 127. The van der Waals surface area contributed by atoms with Crippen LogP contribution < -0.4 is 5.32 Å². The first-order valence-electron chi connectivity index (χ1n) is 10.5. The van der Waals surface area contributed by atoms with Crippen LogP contribution >= 0.6 is 24.0 Å². The molecule has 6 nitrogen and oxygen atoms in total. The fourth-order valence-electron chi connectivity index (χ4n) is 4.01. The van der Waals surface area contributed by atoms with Gasteiger partial charge in [0.1, 0.15) is 11.4 Å². The maximum atomic E-state index is 11.2. The molecule has 3 N–H and O–H groups in total. The van der Waals surface area contributed by atoms with Gasteiger partial charge in [0, 0.05) is 13.6 Å². The minimum Gasteiger partial charge on any atom is -0.383 e. The summed E-state index contributed by atoms with van der Waals surface area (Å²) < 4.78 is 0. The summed E-state index contributed by atoms with van der Waals surface area (Å²) in [6.07, 6.45) is 3.46. The molecule has 0 saturated carbocycles. The van der Waals surface area contributed by atoms with E-state index in [1.165, 1.54) is 5.56 Å². The number of guanidine groups is 1. The molecular weight excluding hydrogens is 501 g/mol. The lowest BCUT2D eigenvalue weighted by molar-refractivity contribution is 0.0483. The summed E-state index contributed by atoms with van der Waals surface area (Å²) in [6.45, 7) is 3.73. The molecule has 0 saturated heterocycles. The number of imidazole rings is 1. The van der Waals surface area contributed by atoms with E-state index in [1.54, 1.807) is 0 Å². The monoisotopic (exact) mass is 531 g/mol. The van der Waals surface area contributed by atoms with Crippen LogP contribution in [-0.4, -0.2) is 46.1 Å². The second-order valence-electron chi connectivity index (χ2n) is 7.82. The molecule has 1 aliphatic carbocycles. The molecule has 1 atom stereocenters. The zero-order chi connectivity index (χ0) is 21.0. The summed E-state index contributed by atoms with van der Waals surface area (Å²) in [7, 11) is 1.98. The molecule has 1 aromatic heterocycles. The topological polar surface area (TPSA) is 76.5 Å². The summed E-state index contributed by atoms with van der Waals surface area (Å²) in [5.41, 5.74) is 3.44. The lowest BCUT2D eigenvalue weighted by Crippen LogP contribution is -2.40. The second-order valence-corrected chi connectivity index (χ2v) is 7.82. The molecule has 2 aromatic carbocycles. The zero-order valence-electron chi connectivity index (χ0n) is 18.0. The number of halogens is 1. The summed E-state index contributed by atoms with van der Waals surface area (Å²) in [5, 5.41) is 14.5. The van der Waals surface area contributed by atoms with Crippen LogP contribution in [0.25, 0.3) is 11.3 Å². The third kappa shape index (κ3) is 5.27. The maximum Gasteiger partial charge on any atom is 0.194 e. The molecule has 31 heavy (non-hydrogen) atoms. The van der Waals surface area contributed by atoms with Gasteiger partial charge in [-0.2, -0.15) is 0 Å². The Morgan fingerprint density at radius 1 is 1.19 bits per heavy atom. The van der Waals surface area contributed by atoms with Crippen LogP contribution in [0.2, 0.25) is 0 Å². The molecule has 0 spiro atoms. The van der Waals surface area contributed by atoms with Crippen molar-refractivity contribution in [2.45, 2.75) is 31.9 Å². The number of aryl methyl sites for hydroxylation is 1. The van der Waals surface area contributed by atoms with Crippen molar-refractivity contribution >= 4 is 29.9 Å². The molecular formula is C24H30IN5O. The number of aromatic amines is 1. The average molecular weight is 531 g/mol. The Balaban J connectivity index is 0.00000272. The maximum absolute atomic E-state index is 11.2. The van der Waals surface area contributed by atoms with Crippen LogP contribution in [-0.2, 0) is 18.6 Å². The van der Waals surface area contributed by atoms with E-state index in [1.807, 2.05) is 61.5 Å². The molecule has 4 rings (SSSR count). The highest BCUT2D eigenvalue weighted by Crippen LogP contribution is 2.36. The average Bonchev–Trinajstić information content (AvgIpc) is 3.37. The van der Waals surface area contributed by atoms with Crippen molar-refractivity contribution in [3.8, 4) is 11.3 Å². The predicted octanol–water partition coefficient (Wildman–Crippen LogP) is 3.93. The van der Waals surface area contributed by atoms with E-state index in [2.05, 4.69) is 33.5 Å². The third-order valence-electron chi connectivity index (χ3n) is 5.61. The van der Waals surface area contributed by atoms with Gasteiger partial charge in [-0.3, -0.25) is 0 Å². The molecule has 1 heterocycles. The fraction of sp³-hybridized carbons (Fsp3) is 0.333. The first-order chi connectivity index (χ1) is 14.6. The quantitative estimate of drug-likeness (QED) is 0.256. The van der Waals surface area contributed by atoms with E-state index in [0.29, 0.717) is 19.5 Å². The Hall–Kier alpha value is -2.39. The second kappa shape index (κ2) is 10.3. The Kier molecular flexibility index (Phi) is 7.72. The number of fused-ring (bicyclic) bond motifs is 1. The molecule has 7 heteroatoms. The smallest absolute Gasteiger partial charge is 0.194 e. The number of nitrogens with one attached hydrogen (secondary N) is 2. The number of hydrogen-bond donors (Lipinski definition) is 3. The molecule has 3 aromatic rings. The van der Waals surface area contributed by atoms with Gasteiger partial charge in [0.05, 0.1) is 25.0 Å². The van der Waals surface area contributed by atoms with Crippen LogP contribution in [0.1, 0.15) is 30.3 Å². The SMILES string of the molecule is CCNC(=NCC1(O)CCc2ccccc21)N(C)Cc1ncc(-c2ccccc2)[nH]1.I. The van der Waals surface area contributed by atoms with Gasteiger partial charge in [0.2, 0.25) is 0 Å². The van der Waals surface area contributed by atoms with E-state index >= 15 is 0 Å². The van der Waals surface area contributed by atoms with Crippen LogP contribution in [0, 0.1) is 0 Å². The van der Waals surface area contributed by atoms with Crippen molar-refractivity contribution in [1.29, 1.82) is 0 Å². The van der Waals surface area contributed by atoms with E-state index in [4.69, 9.17) is 4.99 Å². The number of benzene rings is 2. The number of rotatable bonds is 6. The summed E-state index contributed by atoms with van der Waals surface area (Å²) in [5.74, 6) is 1.62. The predicted molar refractivity (Wildman–Crippen MR) is 136 cm³/mol. The number of hydrogen-bond acceptors (Lipinski definition) is 3. The van der Waals surface area contributed by atoms with Gasteiger partial charge in [0.25, 0.3) is 0 Å². The van der Waals surface area contributed by atoms with Crippen molar-refractivity contribution in [3.63, 3.8) is 0 Å². The van der Waals surface area contributed by atoms with Crippen LogP contribution in [0.5, 0.6) is 0 Å². The minimum absolute atomic E-state index is 0. The van der Waals surface area contributed by atoms with E-state index in [9.17, 15) is 5.11 Å². The summed E-state index contributed by atoms with van der Waals surface area (Å²) in [6, 6.07) is 18.3. The minimum atomic E-state index is -0.900. The number of H-pyrrole nitrogens is 1. The highest BCUT2D eigenvalue weighted by molar-refractivity contribution is 14.0. The molecule has 0 aliphatic heterocycles. The summed E-state index contributed by atoms with van der Waals surface area (Å²) >= 11 is 0. The standard InChI is InChI=1S/C24H29N5O.HI/c1-3-25-23(27-17-24(30)14-13-18-9-7-8-12-20(18)24)29(2)16-22-26-15-21(28-22)19-10-5-4-6-11-19;/h4-12,15,30H,3,13-14,16-17H2,1-2H3,(H,25,27)(H,26,28);1H. The highest BCUT2D eigenvalue weighted by Gasteiger charge is 2.36. The Bertz CT molecular complexity index is 1020.